The summed E-state index contributed by atoms with van der Waals surface area (Å²) in [6, 6.07) is 14.1. The number of hydrogen-bond acceptors (Lipinski definition) is 6. The first-order valence-electron chi connectivity index (χ1n) is 8.48. The third-order valence-corrected chi connectivity index (χ3v) is 6.27. The van der Waals surface area contributed by atoms with E-state index in [1.165, 1.54) is 0 Å². The molecule has 0 fully saturated rings. The van der Waals surface area contributed by atoms with Gasteiger partial charge in [-0.25, -0.2) is 8.42 Å². The zero-order valence-electron chi connectivity index (χ0n) is 15.1. The van der Waals surface area contributed by atoms with E-state index in [4.69, 9.17) is 4.74 Å². The van der Waals surface area contributed by atoms with Crippen molar-refractivity contribution in [3.05, 3.63) is 74.2 Å². The molecule has 3 aromatic rings. The van der Waals surface area contributed by atoms with Crippen LogP contribution in [0.4, 0.5) is 5.69 Å². The minimum absolute atomic E-state index is 0.0431. The lowest BCUT2D eigenvalue weighted by molar-refractivity contribution is 0.415. The Morgan fingerprint density at radius 2 is 1.71 bits per heavy atom. The van der Waals surface area contributed by atoms with Crippen molar-refractivity contribution in [1.29, 1.82) is 0 Å². The van der Waals surface area contributed by atoms with Crippen LogP contribution in [0.1, 0.15) is 16.0 Å². The van der Waals surface area contributed by atoms with E-state index in [9.17, 15) is 18.3 Å². The molecular weight excluding hydrogens is 400 g/mol. The average molecular weight is 421 g/mol. The van der Waals surface area contributed by atoms with Gasteiger partial charge in [0.05, 0.1) is 17.7 Å². The molecule has 9 heteroatoms. The molecule has 3 N–H and O–H groups in total. The average Bonchev–Trinajstić information content (AvgIpc) is 2.98. The fraction of sp³-hybridized carbons (Fsp3) is 0.211. The van der Waals surface area contributed by atoms with E-state index >= 15 is 0 Å². The van der Waals surface area contributed by atoms with Crippen molar-refractivity contribution in [1.82, 2.24) is 4.98 Å². The Hall–Kier alpha value is -2.78. The van der Waals surface area contributed by atoms with Crippen LogP contribution in [0.3, 0.4) is 0 Å². The maximum Gasteiger partial charge on any atom is 0.307 e. The number of sulfonamides is 1. The normalized spacial score (nSPS) is 11.3. The second-order valence-corrected chi connectivity index (χ2v) is 9.09. The number of aromatic hydroxyl groups is 1. The van der Waals surface area contributed by atoms with Gasteiger partial charge < -0.3 is 9.84 Å². The lowest BCUT2D eigenvalue weighted by Crippen LogP contribution is -2.18. The van der Waals surface area contributed by atoms with Crippen molar-refractivity contribution in [2.45, 2.75) is 12.8 Å². The van der Waals surface area contributed by atoms with Crippen molar-refractivity contribution >= 4 is 27.0 Å². The monoisotopic (exact) mass is 420 g/mol. The Morgan fingerprint density at radius 1 is 1.07 bits per heavy atom. The van der Waals surface area contributed by atoms with Crippen LogP contribution < -0.4 is 14.3 Å². The fourth-order valence-corrected chi connectivity index (χ4v) is 4.48. The summed E-state index contributed by atoms with van der Waals surface area (Å²) in [5.41, 5.74) is 2.30. The standard InChI is InChI=1S/C19H20N2O5S2/c1-26-16-8-6-15(7-9-16)21-28(24,25)11-10-13-2-4-14(5-3-13)12-17-18(22)20-19(23)27-17/h2-9,21-22H,10-12H2,1H3,(H,20,23). The zero-order chi connectivity index (χ0) is 20.1. The first-order valence-corrected chi connectivity index (χ1v) is 10.9. The molecule has 7 nitrogen and oxygen atoms in total. The molecule has 2 aromatic carbocycles. The number of ether oxygens (including phenoxy) is 1. The smallest absolute Gasteiger partial charge is 0.307 e. The number of aryl methyl sites for hydroxylation is 1. The Labute approximate surface area is 166 Å². The summed E-state index contributed by atoms with van der Waals surface area (Å²) in [6.07, 6.45) is 0.807. The van der Waals surface area contributed by atoms with Crippen molar-refractivity contribution in [3.8, 4) is 11.6 Å². The first-order chi connectivity index (χ1) is 13.3. The fourth-order valence-electron chi connectivity index (χ4n) is 2.62. The number of rotatable bonds is 8. The van der Waals surface area contributed by atoms with E-state index < -0.39 is 10.0 Å². The molecule has 0 atom stereocenters. The molecule has 0 unspecified atom stereocenters. The number of H-pyrrole nitrogens is 1. The number of methoxy groups -OCH3 is 1. The largest absolute Gasteiger partial charge is 0.497 e. The summed E-state index contributed by atoms with van der Waals surface area (Å²) in [4.78, 5) is 13.9. The second kappa shape index (κ2) is 8.49. The van der Waals surface area contributed by atoms with Crippen molar-refractivity contribution in [2.75, 3.05) is 17.6 Å². The summed E-state index contributed by atoms with van der Waals surface area (Å²) in [5, 5.41) is 9.65. The molecule has 0 bridgehead atoms. The topological polar surface area (TPSA) is 108 Å². The SMILES string of the molecule is COc1ccc(NS(=O)(=O)CCc2ccc(Cc3sc(=O)[nH]c3O)cc2)cc1. The molecule has 0 saturated carbocycles. The Bertz CT molecular complexity index is 1080. The van der Waals surface area contributed by atoms with E-state index in [0.717, 1.165) is 22.5 Å². The van der Waals surface area contributed by atoms with Crippen LogP contribution in [-0.2, 0) is 22.9 Å². The summed E-state index contributed by atoms with van der Waals surface area (Å²) in [7, 11) is -1.93. The Kier molecular flexibility index (Phi) is 6.05. The Balaban J connectivity index is 1.57. The molecule has 0 amide bonds. The highest BCUT2D eigenvalue weighted by atomic mass is 32.2. The van der Waals surface area contributed by atoms with Gasteiger partial charge in [-0.05, 0) is 41.8 Å². The van der Waals surface area contributed by atoms with Gasteiger partial charge in [-0.15, -0.1) is 0 Å². The van der Waals surface area contributed by atoms with Crippen LogP contribution in [-0.4, -0.2) is 31.4 Å². The molecule has 0 aliphatic rings. The molecule has 1 heterocycles. The number of hydrogen-bond donors (Lipinski definition) is 3. The van der Waals surface area contributed by atoms with Crippen molar-refractivity contribution in [3.63, 3.8) is 0 Å². The van der Waals surface area contributed by atoms with Gasteiger partial charge in [-0.2, -0.15) is 0 Å². The van der Waals surface area contributed by atoms with E-state index in [-0.39, 0.29) is 16.5 Å². The quantitative estimate of drug-likeness (QED) is 0.519. The summed E-state index contributed by atoms with van der Waals surface area (Å²) < 4.78 is 32.1. The highest BCUT2D eigenvalue weighted by Crippen LogP contribution is 2.21. The molecular formula is C19H20N2O5S2. The maximum absolute atomic E-state index is 12.3. The van der Waals surface area contributed by atoms with Gasteiger partial charge in [0, 0.05) is 12.1 Å². The maximum atomic E-state index is 12.3. The van der Waals surface area contributed by atoms with Crippen LogP contribution >= 0.6 is 11.3 Å². The highest BCUT2D eigenvalue weighted by molar-refractivity contribution is 7.92. The molecule has 0 radical (unpaired) electrons. The third kappa shape index (κ3) is 5.37. The molecule has 28 heavy (non-hydrogen) atoms. The summed E-state index contributed by atoms with van der Waals surface area (Å²) in [5.74, 6) is 0.511. The van der Waals surface area contributed by atoms with Gasteiger partial charge in [0.25, 0.3) is 0 Å². The van der Waals surface area contributed by atoms with Gasteiger partial charge in [0.2, 0.25) is 15.9 Å². The molecule has 148 valence electrons. The number of aromatic nitrogens is 1. The molecule has 0 aliphatic carbocycles. The van der Waals surface area contributed by atoms with Crippen LogP contribution in [0, 0.1) is 0 Å². The number of thiazole rings is 1. The lowest BCUT2D eigenvalue weighted by Gasteiger charge is -2.09. The predicted octanol–water partition coefficient (Wildman–Crippen LogP) is 2.73. The zero-order valence-corrected chi connectivity index (χ0v) is 16.8. The van der Waals surface area contributed by atoms with Crippen molar-refractivity contribution in [2.24, 2.45) is 0 Å². The second-order valence-electron chi connectivity index (χ2n) is 6.18. The van der Waals surface area contributed by atoms with Crippen LogP contribution in [0.5, 0.6) is 11.6 Å². The predicted molar refractivity (Wildman–Crippen MR) is 110 cm³/mol. The third-order valence-electron chi connectivity index (χ3n) is 4.11. The van der Waals surface area contributed by atoms with Gasteiger partial charge in [0.1, 0.15) is 5.75 Å². The Morgan fingerprint density at radius 3 is 2.29 bits per heavy atom. The minimum Gasteiger partial charge on any atom is -0.497 e. The lowest BCUT2D eigenvalue weighted by atomic mass is 10.1. The molecule has 3 rings (SSSR count). The van der Waals surface area contributed by atoms with Gasteiger partial charge in [-0.3, -0.25) is 14.5 Å². The number of nitrogens with one attached hydrogen (secondary N) is 2. The molecule has 0 aliphatic heterocycles. The van der Waals surface area contributed by atoms with E-state index in [1.807, 2.05) is 24.3 Å². The highest BCUT2D eigenvalue weighted by Gasteiger charge is 2.12. The summed E-state index contributed by atoms with van der Waals surface area (Å²) >= 11 is 0.974. The van der Waals surface area contributed by atoms with E-state index in [1.54, 1.807) is 31.4 Å². The first kappa shape index (κ1) is 20.0. The van der Waals surface area contributed by atoms with Crippen LogP contribution in [0.2, 0.25) is 0 Å². The molecule has 0 saturated heterocycles. The van der Waals surface area contributed by atoms with Gasteiger partial charge >= 0.3 is 4.87 Å². The van der Waals surface area contributed by atoms with Crippen LogP contribution in [0.25, 0.3) is 0 Å². The van der Waals surface area contributed by atoms with Gasteiger partial charge in [0.15, 0.2) is 0 Å². The number of anilines is 1. The van der Waals surface area contributed by atoms with Crippen molar-refractivity contribution < 1.29 is 18.3 Å². The minimum atomic E-state index is -3.47. The van der Waals surface area contributed by atoms with E-state index in [0.29, 0.717) is 29.2 Å². The molecule has 0 spiro atoms. The van der Waals surface area contributed by atoms with E-state index in [2.05, 4.69) is 9.71 Å². The number of aromatic amines is 1. The van der Waals surface area contributed by atoms with Crippen LogP contribution in [0.15, 0.2) is 53.3 Å². The number of benzene rings is 2. The van der Waals surface area contributed by atoms with Gasteiger partial charge in [-0.1, -0.05) is 35.6 Å². The summed E-state index contributed by atoms with van der Waals surface area (Å²) in [6.45, 7) is 0. The molecule has 1 aromatic heterocycles.